The Hall–Kier alpha value is -2.94. The molecule has 2 heteroatoms. The summed E-state index contributed by atoms with van der Waals surface area (Å²) in [5.41, 5.74) is 8.07. The molecule has 0 spiro atoms. The van der Waals surface area contributed by atoms with E-state index in [-0.39, 0.29) is 17.5 Å². The largest absolute Gasteiger partial charge is 0.339 e. The Labute approximate surface area is 183 Å². The summed E-state index contributed by atoms with van der Waals surface area (Å²) in [5.74, 6) is 0. The maximum absolute atomic E-state index is 6.39. The molecule has 31 heavy (non-hydrogen) atoms. The van der Waals surface area contributed by atoms with E-state index in [1.54, 1.807) is 0 Å². The monoisotopic (exact) mass is 406 g/mol. The lowest BCUT2D eigenvalue weighted by molar-refractivity contribution is -0.0885. The standard InChI is InChI=1S/C29H26O2/c1-28(2)29(3,4)31-27(30-28)24-16-15-23-20-14-13-19(18-9-6-5-7-10-18)17-25(20)22-12-8-11-21(24)26(22)23/h5-17,27H,1-4H3. The van der Waals surface area contributed by atoms with E-state index in [9.17, 15) is 0 Å². The zero-order valence-corrected chi connectivity index (χ0v) is 18.4. The molecule has 2 aliphatic rings. The molecular formula is C29H26O2. The van der Waals surface area contributed by atoms with Gasteiger partial charge < -0.3 is 9.47 Å². The van der Waals surface area contributed by atoms with Crippen LogP contribution in [0.2, 0.25) is 0 Å². The van der Waals surface area contributed by atoms with E-state index in [2.05, 4.69) is 107 Å². The summed E-state index contributed by atoms with van der Waals surface area (Å²) >= 11 is 0. The van der Waals surface area contributed by atoms with Crippen LogP contribution in [0.3, 0.4) is 0 Å². The maximum atomic E-state index is 6.39. The highest BCUT2D eigenvalue weighted by Crippen LogP contribution is 2.52. The molecular weight excluding hydrogens is 380 g/mol. The van der Waals surface area contributed by atoms with Crippen molar-refractivity contribution in [2.75, 3.05) is 0 Å². The van der Waals surface area contributed by atoms with Gasteiger partial charge in [0, 0.05) is 5.56 Å². The average molecular weight is 407 g/mol. The Bertz CT molecular complexity index is 1320. The minimum Gasteiger partial charge on any atom is -0.339 e. The minimum absolute atomic E-state index is 0.353. The van der Waals surface area contributed by atoms with Gasteiger partial charge in [-0.25, -0.2) is 0 Å². The van der Waals surface area contributed by atoms with E-state index in [0.29, 0.717) is 0 Å². The fourth-order valence-corrected chi connectivity index (χ4v) is 4.87. The average Bonchev–Trinajstić information content (AvgIpc) is 3.20. The quantitative estimate of drug-likeness (QED) is 0.298. The predicted octanol–water partition coefficient (Wildman–Crippen LogP) is 7.76. The lowest BCUT2D eigenvalue weighted by atomic mass is 9.90. The van der Waals surface area contributed by atoms with E-state index in [1.165, 1.54) is 44.2 Å². The number of ether oxygens (including phenoxy) is 2. The molecule has 4 aromatic carbocycles. The smallest absolute Gasteiger partial charge is 0.185 e. The molecule has 1 heterocycles. The van der Waals surface area contributed by atoms with Crippen molar-refractivity contribution in [3.05, 3.63) is 84.4 Å². The number of benzene rings is 4. The van der Waals surface area contributed by atoms with Crippen LogP contribution in [-0.4, -0.2) is 11.2 Å². The van der Waals surface area contributed by atoms with Crippen molar-refractivity contribution in [3.8, 4) is 33.4 Å². The number of fused-ring (bicyclic) bond motifs is 3. The fourth-order valence-electron chi connectivity index (χ4n) is 4.87. The van der Waals surface area contributed by atoms with Crippen LogP contribution in [0.5, 0.6) is 0 Å². The van der Waals surface area contributed by atoms with Gasteiger partial charge in [0.25, 0.3) is 0 Å². The van der Waals surface area contributed by atoms with Gasteiger partial charge in [0.15, 0.2) is 6.29 Å². The molecule has 0 amide bonds. The Morgan fingerprint density at radius 3 is 2.00 bits per heavy atom. The molecule has 2 nitrogen and oxygen atoms in total. The molecule has 0 bridgehead atoms. The zero-order valence-electron chi connectivity index (χ0n) is 18.4. The predicted molar refractivity (Wildman–Crippen MR) is 127 cm³/mol. The maximum Gasteiger partial charge on any atom is 0.185 e. The molecule has 0 unspecified atom stereocenters. The first-order chi connectivity index (χ1) is 14.9. The van der Waals surface area contributed by atoms with Crippen LogP contribution >= 0.6 is 0 Å². The summed E-state index contributed by atoms with van der Waals surface area (Å²) in [6, 6.07) is 28.4. The molecule has 0 N–H and O–H groups in total. The third kappa shape index (κ3) is 2.65. The molecule has 6 rings (SSSR count). The minimum atomic E-state index is -0.363. The van der Waals surface area contributed by atoms with Crippen LogP contribution in [0.25, 0.3) is 44.2 Å². The van der Waals surface area contributed by atoms with Crippen molar-refractivity contribution in [3.63, 3.8) is 0 Å². The van der Waals surface area contributed by atoms with Crippen molar-refractivity contribution >= 4 is 10.8 Å². The van der Waals surface area contributed by atoms with E-state index < -0.39 is 0 Å². The molecule has 0 atom stereocenters. The van der Waals surface area contributed by atoms with Gasteiger partial charge >= 0.3 is 0 Å². The third-order valence-electron chi connectivity index (χ3n) is 7.29. The molecule has 1 aliphatic carbocycles. The first-order valence-electron chi connectivity index (χ1n) is 11.0. The summed E-state index contributed by atoms with van der Waals surface area (Å²) in [6.07, 6.45) is -0.363. The van der Waals surface area contributed by atoms with E-state index in [1.807, 2.05) is 0 Å². The highest BCUT2D eigenvalue weighted by Gasteiger charge is 2.50. The topological polar surface area (TPSA) is 18.5 Å². The van der Waals surface area contributed by atoms with E-state index in [4.69, 9.17) is 9.47 Å². The molecule has 4 aromatic rings. The van der Waals surface area contributed by atoms with E-state index in [0.717, 1.165) is 5.56 Å². The summed E-state index contributed by atoms with van der Waals surface area (Å²) in [6.45, 7) is 8.42. The highest BCUT2D eigenvalue weighted by atomic mass is 16.7. The number of rotatable bonds is 2. The van der Waals surface area contributed by atoms with Crippen molar-refractivity contribution in [2.45, 2.75) is 45.2 Å². The van der Waals surface area contributed by atoms with Crippen LogP contribution in [0.15, 0.2) is 78.9 Å². The zero-order chi connectivity index (χ0) is 21.4. The molecule has 0 saturated carbocycles. The van der Waals surface area contributed by atoms with Crippen LogP contribution in [0, 0.1) is 0 Å². The van der Waals surface area contributed by atoms with Gasteiger partial charge in [-0.05, 0) is 77.9 Å². The van der Waals surface area contributed by atoms with Crippen molar-refractivity contribution < 1.29 is 9.47 Å². The lowest BCUT2D eigenvalue weighted by Gasteiger charge is -2.30. The SMILES string of the molecule is CC1(C)OC(c2ccc3c4c(cccc24)-c2cc(-c4ccccc4)ccc2-3)OC1(C)C. The Morgan fingerprint density at radius 2 is 1.26 bits per heavy atom. The molecule has 0 radical (unpaired) electrons. The fraction of sp³-hybridized carbons (Fsp3) is 0.241. The van der Waals surface area contributed by atoms with Gasteiger partial charge in [0.1, 0.15) is 0 Å². The van der Waals surface area contributed by atoms with Gasteiger partial charge in [-0.1, -0.05) is 72.8 Å². The molecule has 0 aromatic heterocycles. The van der Waals surface area contributed by atoms with Gasteiger partial charge in [-0.2, -0.15) is 0 Å². The van der Waals surface area contributed by atoms with E-state index >= 15 is 0 Å². The van der Waals surface area contributed by atoms with Crippen LogP contribution in [0.1, 0.15) is 39.5 Å². The highest BCUT2D eigenvalue weighted by molar-refractivity contribution is 6.16. The van der Waals surface area contributed by atoms with Crippen molar-refractivity contribution in [1.82, 2.24) is 0 Å². The Kier molecular flexibility index (Phi) is 3.81. The van der Waals surface area contributed by atoms with Crippen LogP contribution in [-0.2, 0) is 9.47 Å². The van der Waals surface area contributed by atoms with Crippen LogP contribution < -0.4 is 0 Å². The van der Waals surface area contributed by atoms with Gasteiger partial charge in [-0.15, -0.1) is 0 Å². The third-order valence-corrected chi connectivity index (χ3v) is 7.29. The molecule has 154 valence electrons. The molecule has 1 saturated heterocycles. The Balaban J connectivity index is 1.52. The van der Waals surface area contributed by atoms with Crippen molar-refractivity contribution in [1.29, 1.82) is 0 Å². The first-order valence-corrected chi connectivity index (χ1v) is 11.0. The molecule has 1 fully saturated rings. The summed E-state index contributed by atoms with van der Waals surface area (Å²) in [5, 5.41) is 2.51. The summed E-state index contributed by atoms with van der Waals surface area (Å²) in [4.78, 5) is 0. The van der Waals surface area contributed by atoms with Gasteiger partial charge in [0.2, 0.25) is 0 Å². The Morgan fingerprint density at radius 1 is 0.581 bits per heavy atom. The van der Waals surface area contributed by atoms with Gasteiger partial charge in [0.05, 0.1) is 11.2 Å². The number of hydrogen-bond donors (Lipinski definition) is 0. The van der Waals surface area contributed by atoms with Gasteiger partial charge in [-0.3, -0.25) is 0 Å². The normalized spacial score (nSPS) is 18.5. The second kappa shape index (κ2) is 6.29. The second-order valence-corrected chi connectivity index (χ2v) is 9.65. The van der Waals surface area contributed by atoms with Crippen molar-refractivity contribution in [2.24, 2.45) is 0 Å². The second-order valence-electron chi connectivity index (χ2n) is 9.65. The molecule has 1 aliphatic heterocycles. The van der Waals surface area contributed by atoms with Crippen LogP contribution in [0.4, 0.5) is 0 Å². The summed E-state index contributed by atoms with van der Waals surface area (Å²) in [7, 11) is 0. The summed E-state index contributed by atoms with van der Waals surface area (Å²) < 4.78 is 12.8. The number of hydrogen-bond acceptors (Lipinski definition) is 2. The lowest BCUT2D eigenvalue weighted by Crippen LogP contribution is -2.41. The first kappa shape index (κ1) is 18.8.